The van der Waals surface area contributed by atoms with E-state index in [9.17, 15) is 32.1 Å². The Hall–Kier alpha value is -6.07. The number of fused-ring (bicyclic) bond motifs is 1. The highest BCUT2D eigenvalue weighted by atomic mass is 32.2. The van der Waals surface area contributed by atoms with Gasteiger partial charge in [0.25, 0.3) is 21.9 Å². The SMILES string of the molecule is Cc1cc(N=Nc2ccc(N=NC3C(=O)NC(=O)NC3=O)c3ccc(S(=O)(=O)O)cc23)ccc1N=Nc1ccc(C(=O)O)cc1. The summed E-state index contributed by atoms with van der Waals surface area (Å²) in [6, 6.07) is 14.8. The molecule has 4 aromatic carbocycles. The van der Waals surface area contributed by atoms with Gasteiger partial charge in [0, 0.05) is 10.8 Å². The van der Waals surface area contributed by atoms with Crippen molar-refractivity contribution in [2.45, 2.75) is 17.9 Å². The van der Waals surface area contributed by atoms with Crippen molar-refractivity contribution in [1.82, 2.24) is 10.6 Å². The Balaban J connectivity index is 1.44. The number of urea groups is 1. The van der Waals surface area contributed by atoms with E-state index in [2.05, 4.69) is 30.7 Å². The summed E-state index contributed by atoms with van der Waals surface area (Å²) in [6.45, 7) is 1.78. The number of nitrogens with zero attached hydrogens (tertiary/aromatic N) is 6. The number of nitrogens with one attached hydrogen (secondary N) is 2. The maximum atomic E-state index is 12.0. The molecule has 0 radical (unpaired) electrons. The van der Waals surface area contributed by atoms with E-state index < -0.39 is 44.9 Å². The molecule has 5 rings (SSSR count). The Morgan fingerprint density at radius 1 is 0.711 bits per heavy atom. The van der Waals surface area contributed by atoms with Crippen LogP contribution >= 0.6 is 0 Å². The summed E-state index contributed by atoms with van der Waals surface area (Å²) in [5.74, 6) is -2.98. The first-order valence-corrected chi connectivity index (χ1v) is 14.2. The fraction of sp³-hybridized carbons (Fsp3) is 0.0714. The van der Waals surface area contributed by atoms with Crippen molar-refractivity contribution in [2.24, 2.45) is 30.7 Å². The van der Waals surface area contributed by atoms with Gasteiger partial charge in [-0.05, 0) is 79.2 Å². The van der Waals surface area contributed by atoms with E-state index in [1.807, 2.05) is 10.6 Å². The van der Waals surface area contributed by atoms with Gasteiger partial charge in [0.1, 0.15) is 0 Å². The van der Waals surface area contributed by atoms with E-state index in [0.29, 0.717) is 28.0 Å². The fourth-order valence-corrected chi connectivity index (χ4v) is 4.58. The predicted octanol–water partition coefficient (Wildman–Crippen LogP) is 5.74. The molecule has 0 aromatic heterocycles. The van der Waals surface area contributed by atoms with Crippen LogP contribution < -0.4 is 10.6 Å². The lowest BCUT2D eigenvalue weighted by Crippen LogP contribution is -2.57. The molecule has 1 heterocycles. The van der Waals surface area contributed by atoms with Crippen LogP contribution in [-0.4, -0.2) is 47.9 Å². The number of aryl methyl sites for hydroxylation is 1. The molecule has 4 amide bonds. The van der Waals surface area contributed by atoms with Gasteiger partial charge in [-0.15, -0.1) is 5.11 Å². The van der Waals surface area contributed by atoms with Crippen LogP contribution in [0.4, 0.5) is 33.2 Å². The number of hydrogen-bond donors (Lipinski definition) is 4. The molecular weight excluding hydrogens is 608 g/mol. The molecule has 0 bridgehead atoms. The molecule has 0 saturated carbocycles. The number of carbonyl (C=O) groups is 4. The lowest BCUT2D eigenvalue weighted by molar-refractivity contribution is -0.131. The summed E-state index contributed by atoms with van der Waals surface area (Å²) in [5.41, 5.74) is 2.56. The van der Waals surface area contributed by atoms with Crippen LogP contribution in [0, 0.1) is 6.92 Å². The van der Waals surface area contributed by atoms with Gasteiger partial charge in [-0.1, -0.05) is 6.07 Å². The highest BCUT2D eigenvalue weighted by Crippen LogP contribution is 2.37. The van der Waals surface area contributed by atoms with Crippen LogP contribution in [0.5, 0.6) is 0 Å². The van der Waals surface area contributed by atoms with E-state index in [4.69, 9.17) is 5.11 Å². The number of benzene rings is 4. The number of carboxylic acid groups (broad SMARTS) is 1. The fourth-order valence-electron chi connectivity index (χ4n) is 4.07. The average Bonchev–Trinajstić information content (AvgIpc) is 2.99. The van der Waals surface area contributed by atoms with Crippen molar-refractivity contribution < 1.29 is 37.3 Å². The van der Waals surface area contributed by atoms with Gasteiger partial charge < -0.3 is 5.11 Å². The third-order valence-electron chi connectivity index (χ3n) is 6.33. The van der Waals surface area contributed by atoms with Crippen molar-refractivity contribution in [1.29, 1.82) is 0 Å². The molecule has 45 heavy (non-hydrogen) atoms. The second kappa shape index (κ2) is 12.3. The number of rotatable bonds is 8. The second-order valence-corrected chi connectivity index (χ2v) is 10.9. The molecule has 1 aliphatic rings. The number of amides is 4. The number of imide groups is 2. The monoisotopic (exact) mass is 628 g/mol. The van der Waals surface area contributed by atoms with E-state index >= 15 is 0 Å². The smallest absolute Gasteiger partial charge is 0.335 e. The molecule has 0 spiro atoms. The summed E-state index contributed by atoms with van der Waals surface area (Å²) in [4.78, 5) is 45.9. The number of carboxylic acids is 1. The molecule has 0 aliphatic carbocycles. The number of azo groups is 3. The minimum absolute atomic E-state index is 0.127. The summed E-state index contributed by atoms with van der Waals surface area (Å²) >= 11 is 0. The Kier molecular flexibility index (Phi) is 8.29. The van der Waals surface area contributed by atoms with Gasteiger partial charge in [-0.25, -0.2) is 9.59 Å². The predicted molar refractivity (Wildman–Crippen MR) is 157 cm³/mol. The molecule has 1 aliphatic heterocycles. The quantitative estimate of drug-likeness (QED) is 0.106. The van der Waals surface area contributed by atoms with Gasteiger partial charge in [0.15, 0.2) is 0 Å². The van der Waals surface area contributed by atoms with Gasteiger partial charge in [-0.2, -0.15) is 34.0 Å². The highest BCUT2D eigenvalue weighted by Gasteiger charge is 2.34. The van der Waals surface area contributed by atoms with Crippen LogP contribution in [0.25, 0.3) is 10.8 Å². The minimum Gasteiger partial charge on any atom is -0.478 e. The molecule has 1 fully saturated rings. The lowest BCUT2D eigenvalue weighted by Gasteiger charge is -2.16. The largest absolute Gasteiger partial charge is 0.478 e. The normalized spacial score (nSPS) is 14.5. The average molecular weight is 629 g/mol. The number of aromatic carboxylic acids is 1. The van der Waals surface area contributed by atoms with Crippen LogP contribution in [0.2, 0.25) is 0 Å². The Morgan fingerprint density at radius 2 is 1.29 bits per heavy atom. The van der Waals surface area contributed by atoms with Crippen molar-refractivity contribution in [3.05, 3.63) is 83.9 Å². The van der Waals surface area contributed by atoms with Gasteiger partial charge in [0.05, 0.1) is 38.9 Å². The van der Waals surface area contributed by atoms with Crippen molar-refractivity contribution in [3.63, 3.8) is 0 Å². The zero-order chi connectivity index (χ0) is 32.3. The summed E-state index contributed by atoms with van der Waals surface area (Å²) < 4.78 is 33.3. The molecule has 0 atom stereocenters. The first kappa shape index (κ1) is 30.4. The van der Waals surface area contributed by atoms with Crippen molar-refractivity contribution in [2.75, 3.05) is 0 Å². The Labute approximate surface area is 253 Å². The molecule has 16 nitrogen and oxygen atoms in total. The molecule has 4 aromatic rings. The summed E-state index contributed by atoms with van der Waals surface area (Å²) in [7, 11) is -4.59. The molecule has 1 saturated heterocycles. The Morgan fingerprint density at radius 3 is 1.91 bits per heavy atom. The molecule has 0 unspecified atom stereocenters. The Bertz CT molecular complexity index is 2070. The second-order valence-electron chi connectivity index (χ2n) is 9.43. The molecule has 226 valence electrons. The number of carbonyl (C=O) groups excluding carboxylic acids is 3. The summed E-state index contributed by atoms with van der Waals surface area (Å²) in [6.07, 6.45) is 0. The maximum absolute atomic E-state index is 12.0. The highest BCUT2D eigenvalue weighted by molar-refractivity contribution is 7.85. The van der Waals surface area contributed by atoms with Crippen LogP contribution in [0.3, 0.4) is 0 Å². The first-order valence-electron chi connectivity index (χ1n) is 12.8. The standard InChI is InChI=1S/C28H20N8O8S/c1-14-12-17(6-9-21(14)33-31-16-4-2-15(3-5-16)27(39)40)32-34-23-11-10-22(19-8-7-18(13-20(19)23)45(42,43)44)35-36-24-25(37)29-28(41)30-26(24)38/h2-13,24H,1H3,(H,39,40)(H,42,43,44)(H2,29,30,37,38,41). The molecule has 17 heteroatoms. The minimum atomic E-state index is -4.59. The summed E-state index contributed by atoms with van der Waals surface area (Å²) in [5, 5.41) is 37.9. The first-order chi connectivity index (χ1) is 21.4. The van der Waals surface area contributed by atoms with Gasteiger partial charge in [0.2, 0.25) is 6.04 Å². The zero-order valence-corrected chi connectivity index (χ0v) is 23.8. The molecular formula is C28H20N8O8S. The molecule has 4 N–H and O–H groups in total. The topological polar surface area (TPSA) is 241 Å². The number of barbiturate groups is 1. The lowest BCUT2D eigenvalue weighted by atomic mass is 10.1. The maximum Gasteiger partial charge on any atom is 0.335 e. The van der Waals surface area contributed by atoms with Crippen molar-refractivity contribution in [3.8, 4) is 0 Å². The van der Waals surface area contributed by atoms with Crippen molar-refractivity contribution >= 4 is 73.1 Å². The van der Waals surface area contributed by atoms with Gasteiger partial charge >= 0.3 is 12.0 Å². The van der Waals surface area contributed by atoms with Gasteiger partial charge in [-0.3, -0.25) is 24.8 Å². The third-order valence-corrected chi connectivity index (χ3v) is 7.18. The zero-order valence-electron chi connectivity index (χ0n) is 22.9. The van der Waals surface area contributed by atoms with E-state index in [0.717, 1.165) is 12.1 Å². The van der Waals surface area contributed by atoms with Crippen LogP contribution in [-0.2, 0) is 19.7 Å². The van der Waals surface area contributed by atoms with E-state index in [1.54, 1.807) is 25.1 Å². The number of hydrogen-bond acceptors (Lipinski definition) is 12. The van der Waals surface area contributed by atoms with Crippen LogP contribution in [0.1, 0.15) is 15.9 Å². The van der Waals surface area contributed by atoms with Crippen LogP contribution in [0.15, 0.2) is 108 Å². The third kappa shape index (κ3) is 6.95. The van der Waals surface area contributed by atoms with E-state index in [1.165, 1.54) is 42.5 Å². The van der Waals surface area contributed by atoms with E-state index in [-0.39, 0.29) is 22.3 Å².